The minimum Gasteiger partial charge on any atom is -0.489 e. The molecule has 0 radical (unpaired) electrons. The fraction of sp³-hybridized carbons (Fsp3) is 0.607. The van der Waals surface area contributed by atoms with Gasteiger partial charge < -0.3 is 29.3 Å². The summed E-state index contributed by atoms with van der Waals surface area (Å²) in [4.78, 5) is 25.1. The van der Waals surface area contributed by atoms with Gasteiger partial charge in [0.25, 0.3) is 0 Å². The minimum atomic E-state index is -0.00697. The first kappa shape index (κ1) is 25.6. The summed E-state index contributed by atoms with van der Waals surface area (Å²) >= 11 is 0. The van der Waals surface area contributed by atoms with Crippen molar-refractivity contribution in [3.63, 3.8) is 0 Å². The molecular formula is C28H39N5O4. The number of likely N-dealkylation sites (tertiary alicyclic amines) is 1. The molecule has 0 spiro atoms. The summed E-state index contributed by atoms with van der Waals surface area (Å²) in [6, 6.07) is 8.38. The predicted octanol–water partition coefficient (Wildman–Crippen LogP) is 4.44. The predicted molar refractivity (Wildman–Crippen MR) is 142 cm³/mol. The van der Waals surface area contributed by atoms with Gasteiger partial charge in [-0.05, 0) is 49.3 Å². The van der Waals surface area contributed by atoms with E-state index in [1.54, 1.807) is 19.0 Å². The van der Waals surface area contributed by atoms with Crippen LogP contribution in [0, 0.1) is 5.92 Å². The van der Waals surface area contributed by atoms with Gasteiger partial charge in [0.2, 0.25) is 11.8 Å². The molecule has 37 heavy (non-hydrogen) atoms. The van der Waals surface area contributed by atoms with Gasteiger partial charge in [-0.25, -0.2) is 9.78 Å². The van der Waals surface area contributed by atoms with Crippen LogP contribution in [0.2, 0.25) is 0 Å². The van der Waals surface area contributed by atoms with Crippen LogP contribution in [0.4, 0.5) is 10.7 Å². The number of hydrogen-bond donors (Lipinski definition) is 1. The summed E-state index contributed by atoms with van der Waals surface area (Å²) in [6.45, 7) is 4.92. The molecule has 9 heteroatoms. The Morgan fingerprint density at radius 1 is 1.05 bits per heavy atom. The van der Waals surface area contributed by atoms with E-state index in [0.29, 0.717) is 44.2 Å². The van der Waals surface area contributed by atoms with Gasteiger partial charge >= 0.3 is 6.03 Å². The lowest BCUT2D eigenvalue weighted by Gasteiger charge is -2.27. The van der Waals surface area contributed by atoms with Crippen LogP contribution in [0.5, 0.6) is 11.6 Å². The van der Waals surface area contributed by atoms with Crippen molar-refractivity contribution in [2.24, 2.45) is 5.92 Å². The third-order valence-corrected chi connectivity index (χ3v) is 7.54. The van der Waals surface area contributed by atoms with E-state index in [2.05, 4.69) is 17.2 Å². The molecule has 2 saturated heterocycles. The minimum absolute atomic E-state index is 0.00479. The maximum absolute atomic E-state index is 12.2. The van der Waals surface area contributed by atoms with E-state index in [0.717, 1.165) is 48.5 Å². The zero-order valence-electron chi connectivity index (χ0n) is 22.2. The number of amides is 2. The van der Waals surface area contributed by atoms with Crippen LogP contribution in [0.3, 0.4) is 0 Å². The van der Waals surface area contributed by atoms with Crippen LogP contribution in [-0.4, -0.2) is 84.4 Å². The molecule has 200 valence electrons. The Bertz CT molecular complexity index is 1050. The molecule has 1 aliphatic carbocycles. The first-order valence-electron chi connectivity index (χ1n) is 13.6. The number of nitrogens with one attached hydrogen (secondary N) is 1. The monoisotopic (exact) mass is 509 g/mol. The number of nitrogens with zero attached hydrogens (tertiary/aromatic N) is 4. The van der Waals surface area contributed by atoms with Crippen molar-refractivity contribution in [1.82, 2.24) is 19.8 Å². The Morgan fingerprint density at radius 3 is 2.54 bits per heavy atom. The molecule has 1 saturated carbocycles. The zero-order chi connectivity index (χ0) is 25.8. The smallest absolute Gasteiger partial charge is 0.319 e. The summed E-state index contributed by atoms with van der Waals surface area (Å²) < 4.78 is 18.0. The Labute approximate surface area is 219 Å². The molecule has 1 N–H and O–H groups in total. The van der Waals surface area contributed by atoms with E-state index < -0.39 is 0 Å². The van der Waals surface area contributed by atoms with Crippen molar-refractivity contribution in [3.8, 4) is 22.8 Å². The van der Waals surface area contributed by atoms with E-state index in [-0.39, 0.29) is 18.2 Å². The number of urea groups is 1. The fourth-order valence-corrected chi connectivity index (χ4v) is 5.26. The third kappa shape index (κ3) is 6.44. The van der Waals surface area contributed by atoms with Crippen LogP contribution >= 0.6 is 0 Å². The molecule has 1 unspecified atom stereocenters. The Kier molecular flexibility index (Phi) is 7.98. The van der Waals surface area contributed by atoms with E-state index in [9.17, 15) is 4.79 Å². The van der Waals surface area contributed by atoms with E-state index in [1.165, 1.54) is 12.8 Å². The van der Waals surface area contributed by atoms with Crippen molar-refractivity contribution >= 4 is 12.0 Å². The number of benzene rings is 1. The first-order valence-corrected chi connectivity index (χ1v) is 13.6. The number of rotatable bonds is 7. The van der Waals surface area contributed by atoms with Gasteiger partial charge in [-0.3, -0.25) is 0 Å². The van der Waals surface area contributed by atoms with Gasteiger partial charge in [0.05, 0.1) is 25.3 Å². The summed E-state index contributed by atoms with van der Waals surface area (Å²) in [5.41, 5.74) is 1.82. The molecule has 2 aliphatic heterocycles. The van der Waals surface area contributed by atoms with Gasteiger partial charge in [0.1, 0.15) is 18.0 Å². The Balaban J connectivity index is 1.28. The summed E-state index contributed by atoms with van der Waals surface area (Å²) in [5.74, 6) is 2.78. The van der Waals surface area contributed by atoms with E-state index in [1.807, 2.05) is 35.4 Å². The first-order chi connectivity index (χ1) is 17.9. The highest BCUT2D eigenvalue weighted by atomic mass is 16.5. The molecule has 1 aromatic heterocycles. The number of anilines is 1. The average Bonchev–Trinajstić information content (AvgIpc) is 3.58. The largest absolute Gasteiger partial charge is 0.489 e. The number of carbonyl (C=O) groups excluding carboxylic acids is 1. The lowest BCUT2D eigenvalue weighted by molar-refractivity contribution is 0.138. The highest BCUT2D eigenvalue weighted by Crippen LogP contribution is 2.33. The number of hydrogen-bond acceptors (Lipinski definition) is 7. The summed E-state index contributed by atoms with van der Waals surface area (Å²) in [7, 11) is 3.55. The third-order valence-electron chi connectivity index (χ3n) is 7.54. The molecule has 3 heterocycles. The van der Waals surface area contributed by atoms with Crippen LogP contribution in [0.1, 0.15) is 45.4 Å². The maximum Gasteiger partial charge on any atom is 0.319 e. The molecule has 0 bridgehead atoms. The fourth-order valence-electron chi connectivity index (χ4n) is 5.26. The SMILES string of the molecule is CC1CCC(Nc2ncc(-c3ccc(OC4CCN(C(=O)N(C)C)C4)cc3)c(O[C@@H]3CCOC3)n2)CC1. The lowest BCUT2D eigenvalue weighted by atomic mass is 9.87. The second-order valence-corrected chi connectivity index (χ2v) is 10.8. The zero-order valence-corrected chi connectivity index (χ0v) is 22.2. The number of carbonyl (C=O) groups is 1. The molecule has 5 rings (SSSR count). The quantitative estimate of drug-likeness (QED) is 0.590. The molecule has 3 aliphatic rings. The van der Waals surface area contributed by atoms with Crippen molar-refractivity contribution < 1.29 is 19.0 Å². The van der Waals surface area contributed by atoms with E-state index >= 15 is 0 Å². The standard InChI is InChI=1S/C28H39N5O4/c1-19-4-8-21(9-5-19)30-27-29-16-25(26(31-27)37-24-13-15-35-18-24)20-6-10-22(11-7-20)36-23-12-14-33(17-23)28(34)32(2)3/h6-7,10-11,16,19,21,23-24H,4-5,8-9,12-15,17-18H2,1-3H3,(H,29,30,31)/t19?,21?,23?,24-/m1/s1. The van der Waals surface area contributed by atoms with Gasteiger partial charge in [-0.1, -0.05) is 19.1 Å². The topological polar surface area (TPSA) is 89.1 Å². The normalized spacial score (nSPS) is 25.6. The molecule has 2 atom stereocenters. The van der Waals surface area contributed by atoms with Crippen LogP contribution in [-0.2, 0) is 4.74 Å². The van der Waals surface area contributed by atoms with Crippen LogP contribution in [0.15, 0.2) is 30.5 Å². The van der Waals surface area contributed by atoms with Crippen LogP contribution < -0.4 is 14.8 Å². The second kappa shape index (κ2) is 11.5. The van der Waals surface area contributed by atoms with Gasteiger partial charge in [0, 0.05) is 45.7 Å². The number of ether oxygens (including phenoxy) is 3. The maximum atomic E-state index is 12.2. The van der Waals surface area contributed by atoms with Gasteiger partial charge in [0.15, 0.2) is 0 Å². The Morgan fingerprint density at radius 2 is 1.84 bits per heavy atom. The average molecular weight is 510 g/mol. The second-order valence-electron chi connectivity index (χ2n) is 10.8. The highest BCUT2D eigenvalue weighted by molar-refractivity contribution is 5.74. The van der Waals surface area contributed by atoms with Crippen molar-refractivity contribution in [3.05, 3.63) is 30.5 Å². The summed E-state index contributed by atoms with van der Waals surface area (Å²) in [6.07, 6.45) is 8.27. The molecule has 9 nitrogen and oxygen atoms in total. The molecule has 1 aromatic carbocycles. The van der Waals surface area contributed by atoms with Crippen molar-refractivity contribution in [2.75, 3.05) is 45.7 Å². The van der Waals surface area contributed by atoms with Gasteiger partial charge in [-0.2, -0.15) is 4.98 Å². The summed E-state index contributed by atoms with van der Waals surface area (Å²) in [5, 5.41) is 3.53. The molecule has 3 fully saturated rings. The molecule has 2 amide bonds. The van der Waals surface area contributed by atoms with Crippen LogP contribution in [0.25, 0.3) is 11.1 Å². The van der Waals surface area contributed by atoms with Gasteiger partial charge in [-0.15, -0.1) is 0 Å². The van der Waals surface area contributed by atoms with Crippen molar-refractivity contribution in [1.29, 1.82) is 0 Å². The number of aromatic nitrogens is 2. The van der Waals surface area contributed by atoms with E-state index in [4.69, 9.17) is 19.2 Å². The Hall–Kier alpha value is -3.07. The molecular weight excluding hydrogens is 470 g/mol. The molecule has 2 aromatic rings. The highest BCUT2D eigenvalue weighted by Gasteiger charge is 2.28. The van der Waals surface area contributed by atoms with Crippen molar-refractivity contribution in [2.45, 2.75) is 63.7 Å². The lowest BCUT2D eigenvalue weighted by Crippen LogP contribution is -2.38.